The van der Waals surface area contributed by atoms with E-state index in [1.54, 1.807) is 11.1 Å². The molecule has 1 aliphatic heterocycles. The number of rotatable bonds is 2. The molecule has 3 aromatic carbocycles. The Morgan fingerprint density at radius 3 is 2.04 bits per heavy atom. The molecule has 5 heteroatoms. The Morgan fingerprint density at radius 2 is 1.44 bits per heavy atom. The number of nitrogens with zero attached hydrogens (tertiary/aromatic N) is 4. The molecule has 1 atom stereocenters. The van der Waals surface area contributed by atoms with Crippen LogP contribution in [0.1, 0.15) is 17.2 Å². The van der Waals surface area contributed by atoms with Crippen molar-refractivity contribution in [3.05, 3.63) is 96.1 Å². The first kappa shape index (κ1) is 16.6. The standard InChI is InChI=1S/C22H16N4O/c23-15-21-20-14-8-7-9-17(20)16-24-26(21)22(27)25(18-10-3-1-4-11-18)19-12-5-2-6-13-19/h1-14,16,21H. The summed E-state index contributed by atoms with van der Waals surface area (Å²) in [5.74, 6) is 0. The normalized spacial score (nSPS) is 14.9. The van der Waals surface area contributed by atoms with Gasteiger partial charge in [-0.3, -0.25) is 4.90 Å². The smallest absolute Gasteiger partial charge is 0.261 e. The van der Waals surface area contributed by atoms with Crippen LogP contribution in [0.5, 0.6) is 0 Å². The highest BCUT2D eigenvalue weighted by molar-refractivity contribution is 6.00. The van der Waals surface area contributed by atoms with Gasteiger partial charge >= 0.3 is 6.03 Å². The van der Waals surface area contributed by atoms with E-state index in [1.165, 1.54) is 5.01 Å². The highest BCUT2D eigenvalue weighted by Gasteiger charge is 2.33. The average Bonchev–Trinajstić information content (AvgIpc) is 2.74. The molecule has 4 rings (SSSR count). The number of hydrogen-bond donors (Lipinski definition) is 0. The number of hydrogen-bond acceptors (Lipinski definition) is 3. The fraction of sp³-hybridized carbons (Fsp3) is 0.0455. The van der Waals surface area contributed by atoms with Crippen molar-refractivity contribution in [1.29, 1.82) is 5.26 Å². The quantitative estimate of drug-likeness (QED) is 0.661. The van der Waals surface area contributed by atoms with Crippen molar-refractivity contribution in [2.45, 2.75) is 6.04 Å². The minimum Gasteiger partial charge on any atom is -0.261 e. The number of benzene rings is 3. The van der Waals surface area contributed by atoms with Gasteiger partial charge in [-0.05, 0) is 29.8 Å². The topological polar surface area (TPSA) is 59.7 Å². The average molecular weight is 352 g/mol. The van der Waals surface area contributed by atoms with E-state index in [0.717, 1.165) is 11.1 Å². The van der Waals surface area contributed by atoms with Gasteiger partial charge in [0.2, 0.25) is 0 Å². The van der Waals surface area contributed by atoms with E-state index >= 15 is 0 Å². The molecule has 0 aliphatic carbocycles. The third kappa shape index (κ3) is 3.05. The van der Waals surface area contributed by atoms with Gasteiger partial charge in [-0.25, -0.2) is 4.79 Å². The summed E-state index contributed by atoms with van der Waals surface area (Å²) < 4.78 is 0. The SMILES string of the molecule is N#CC1c2ccccc2C=NN1C(=O)N(c1ccccc1)c1ccccc1. The van der Waals surface area contributed by atoms with Crippen molar-refractivity contribution in [1.82, 2.24) is 5.01 Å². The summed E-state index contributed by atoms with van der Waals surface area (Å²) in [6, 6.07) is 27.2. The fourth-order valence-corrected chi connectivity index (χ4v) is 3.11. The molecular weight excluding hydrogens is 336 g/mol. The van der Waals surface area contributed by atoms with Crippen molar-refractivity contribution in [3.8, 4) is 6.07 Å². The Hall–Kier alpha value is -3.91. The lowest BCUT2D eigenvalue weighted by Gasteiger charge is -2.32. The molecule has 0 spiro atoms. The van der Waals surface area contributed by atoms with E-state index in [-0.39, 0.29) is 6.03 Å². The van der Waals surface area contributed by atoms with Crippen LogP contribution >= 0.6 is 0 Å². The summed E-state index contributed by atoms with van der Waals surface area (Å²) in [7, 11) is 0. The third-order valence-electron chi connectivity index (χ3n) is 4.39. The molecule has 1 heterocycles. The summed E-state index contributed by atoms with van der Waals surface area (Å²) in [5, 5.41) is 15.3. The molecule has 3 aromatic rings. The maximum Gasteiger partial charge on any atom is 0.351 e. The Balaban J connectivity index is 1.78. The van der Waals surface area contributed by atoms with Gasteiger partial charge in [0, 0.05) is 5.56 Å². The van der Waals surface area contributed by atoms with Crippen LogP contribution in [-0.4, -0.2) is 17.3 Å². The van der Waals surface area contributed by atoms with E-state index < -0.39 is 6.04 Å². The lowest BCUT2D eigenvalue weighted by Crippen LogP contribution is -2.41. The maximum atomic E-state index is 13.5. The van der Waals surface area contributed by atoms with Crippen LogP contribution in [0.15, 0.2) is 90.0 Å². The summed E-state index contributed by atoms with van der Waals surface area (Å²) in [6.45, 7) is 0. The van der Waals surface area contributed by atoms with Gasteiger partial charge < -0.3 is 0 Å². The number of amides is 2. The lowest BCUT2D eigenvalue weighted by atomic mass is 10.0. The van der Waals surface area contributed by atoms with Crippen molar-refractivity contribution in [2.24, 2.45) is 5.10 Å². The molecule has 0 saturated heterocycles. The van der Waals surface area contributed by atoms with Gasteiger partial charge in [-0.2, -0.15) is 15.4 Å². The molecule has 0 radical (unpaired) electrons. The second-order valence-corrected chi connectivity index (χ2v) is 6.04. The highest BCUT2D eigenvalue weighted by Crippen LogP contribution is 2.32. The second kappa shape index (κ2) is 7.14. The molecule has 0 bridgehead atoms. The van der Waals surface area contributed by atoms with E-state index in [0.29, 0.717) is 11.4 Å². The molecule has 1 unspecified atom stereocenters. The van der Waals surface area contributed by atoms with Crippen LogP contribution in [0.25, 0.3) is 0 Å². The zero-order valence-corrected chi connectivity index (χ0v) is 14.4. The number of carbonyl (C=O) groups is 1. The van der Waals surface area contributed by atoms with Crippen molar-refractivity contribution < 1.29 is 4.79 Å². The van der Waals surface area contributed by atoms with Crippen LogP contribution in [0, 0.1) is 11.3 Å². The zero-order chi connectivity index (χ0) is 18.6. The first-order valence-electron chi connectivity index (χ1n) is 8.55. The maximum absolute atomic E-state index is 13.5. The molecular formula is C22H16N4O. The first-order chi connectivity index (χ1) is 13.3. The van der Waals surface area contributed by atoms with Crippen LogP contribution in [0.4, 0.5) is 16.2 Å². The second-order valence-electron chi connectivity index (χ2n) is 6.04. The van der Waals surface area contributed by atoms with E-state index in [1.807, 2.05) is 84.9 Å². The number of carbonyl (C=O) groups excluding carboxylic acids is 1. The van der Waals surface area contributed by atoms with Crippen LogP contribution < -0.4 is 4.90 Å². The fourth-order valence-electron chi connectivity index (χ4n) is 3.11. The molecule has 0 aromatic heterocycles. The number of para-hydroxylation sites is 2. The number of nitriles is 1. The molecule has 0 N–H and O–H groups in total. The molecule has 0 saturated carbocycles. The van der Waals surface area contributed by atoms with Crippen molar-refractivity contribution >= 4 is 23.6 Å². The predicted molar refractivity (Wildman–Crippen MR) is 105 cm³/mol. The monoisotopic (exact) mass is 352 g/mol. The Kier molecular flexibility index (Phi) is 4.38. The van der Waals surface area contributed by atoms with Gasteiger partial charge in [-0.1, -0.05) is 60.7 Å². The minimum atomic E-state index is -0.784. The number of anilines is 2. The molecule has 5 nitrogen and oxygen atoms in total. The van der Waals surface area contributed by atoms with Gasteiger partial charge in [0.05, 0.1) is 23.7 Å². The number of fused-ring (bicyclic) bond motifs is 1. The Morgan fingerprint density at radius 1 is 0.889 bits per heavy atom. The predicted octanol–water partition coefficient (Wildman–Crippen LogP) is 4.86. The molecule has 2 amide bonds. The van der Waals surface area contributed by atoms with Gasteiger partial charge in [0.25, 0.3) is 0 Å². The Bertz CT molecular complexity index is 985. The van der Waals surface area contributed by atoms with Crippen LogP contribution in [-0.2, 0) is 0 Å². The molecule has 0 fully saturated rings. The summed E-state index contributed by atoms with van der Waals surface area (Å²) in [6.07, 6.45) is 1.62. The van der Waals surface area contributed by atoms with Crippen LogP contribution in [0.3, 0.4) is 0 Å². The highest BCUT2D eigenvalue weighted by atomic mass is 16.2. The first-order valence-corrected chi connectivity index (χ1v) is 8.55. The van der Waals surface area contributed by atoms with E-state index in [9.17, 15) is 10.1 Å². The molecule has 27 heavy (non-hydrogen) atoms. The van der Waals surface area contributed by atoms with Crippen molar-refractivity contribution in [3.63, 3.8) is 0 Å². The summed E-state index contributed by atoms with van der Waals surface area (Å²) >= 11 is 0. The molecule has 1 aliphatic rings. The lowest BCUT2D eigenvalue weighted by molar-refractivity contribution is 0.199. The minimum absolute atomic E-state index is 0.385. The zero-order valence-electron chi connectivity index (χ0n) is 14.4. The summed E-state index contributed by atoms with van der Waals surface area (Å²) in [4.78, 5) is 15.0. The largest absolute Gasteiger partial charge is 0.351 e. The number of hydrazone groups is 1. The van der Waals surface area contributed by atoms with Gasteiger partial charge in [-0.15, -0.1) is 0 Å². The van der Waals surface area contributed by atoms with E-state index in [2.05, 4.69) is 11.2 Å². The van der Waals surface area contributed by atoms with Crippen molar-refractivity contribution in [2.75, 3.05) is 4.90 Å². The number of urea groups is 1. The van der Waals surface area contributed by atoms with E-state index in [4.69, 9.17) is 0 Å². The van der Waals surface area contributed by atoms with Gasteiger partial charge in [0.1, 0.15) is 0 Å². The summed E-state index contributed by atoms with van der Waals surface area (Å²) in [5.41, 5.74) is 3.03. The van der Waals surface area contributed by atoms with Gasteiger partial charge in [0.15, 0.2) is 6.04 Å². The molecule has 130 valence electrons. The van der Waals surface area contributed by atoms with Crippen LogP contribution in [0.2, 0.25) is 0 Å². The third-order valence-corrected chi connectivity index (χ3v) is 4.39. The Labute approximate surface area is 157 Å².